The van der Waals surface area contributed by atoms with Gasteiger partial charge in [0, 0.05) is 32.9 Å². The lowest BCUT2D eigenvalue weighted by atomic mass is 9.81. The number of benzene rings is 7. The molecule has 0 unspecified atom stereocenters. The van der Waals surface area contributed by atoms with Crippen molar-refractivity contribution >= 4 is 49.6 Å². The molecule has 214 valence electrons. The minimum absolute atomic E-state index is 0.157. The van der Waals surface area contributed by atoms with Gasteiger partial charge in [0.2, 0.25) is 0 Å². The third kappa shape index (κ3) is 3.76. The highest BCUT2D eigenvalue weighted by molar-refractivity contribution is 6.10. The molecule has 1 aliphatic carbocycles. The molecule has 1 heterocycles. The quantitative estimate of drug-likeness (QED) is 0.202. The number of fused-ring (bicyclic) bond motifs is 7. The Kier molecular flexibility index (Phi) is 5.58. The zero-order chi connectivity index (χ0) is 30.1. The monoisotopic (exact) mass is 576 g/mol. The number of nitrogens with zero attached hydrogens (tertiary/aromatic N) is 2. The maximum absolute atomic E-state index is 2.49. The smallest absolute Gasteiger partial charge is 0.0561 e. The first kappa shape index (κ1) is 25.9. The Morgan fingerprint density at radius 2 is 1.09 bits per heavy atom. The lowest BCUT2D eigenvalue weighted by Crippen LogP contribution is -2.21. The minimum Gasteiger partial charge on any atom is -0.309 e. The van der Waals surface area contributed by atoms with Crippen molar-refractivity contribution in [3.63, 3.8) is 0 Å². The molecule has 0 atom stereocenters. The molecule has 0 bridgehead atoms. The van der Waals surface area contributed by atoms with Crippen molar-refractivity contribution in [1.82, 2.24) is 4.57 Å². The fourth-order valence-corrected chi connectivity index (χ4v) is 7.78. The van der Waals surface area contributed by atoms with E-state index in [1.165, 1.54) is 60.5 Å². The molecule has 0 saturated heterocycles. The lowest BCUT2D eigenvalue weighted by Gasteiger charge is -2.33. The van der Waals surface area contributed by atoms with Crippen LogP contribution in [0.25, 0.3) is 49.4 Å². The van der Waals surface area contributed by atoms with Crippen molar-refractivity contribution in [2.45, 2.75) is 19.3 Å². The van der Waals surface area contributed by atoms with Gasteiger partial charge >= 0.3 is 0 Å². The number of aromatic nitrogens is 1. The van der Waals surface area contributed by atoms with Crippen molar-refractivity contribution in [3.8, 4) is 16.8 Å². The van der Waals surface area contributed by atoms with Crippen LogP contribution in [0.4, 0.5) is 17.1 Å². The molecule has 8 aromatic rings. The summed E-state index contributed by atoms with van der Waals surface area (Å²) in [6.45, 7) is 4.74. The van der Waals surface area contributed by atoms with Gasteiger partial charge in [-0.2, -0.15) is 0 Å². The van der Waals surface area contributed by atoms with Crippen LogP contribution in [0.15, 0.2) is 158 Å². The molecule has 0 spiro atoms. The zero-order valence-corrected chi connectivity index (χ0v) is 25.4. The fraction of sp³-hybridized carbons (Fsp3) is 0.0698. The average Bonchev–Trinajstić information content (AvgIpc) is 3.55. The Hall–Kier alpha value is -5.60. The van der Waals surface area contributed by atoms with Gasteiger partial charge in [-0.15, -0.1) is 0 Å². The highest BCUT2D eigenvalue weighted by Crippen LogP contribution is 2.54. The van der Waals surface area contributed by atoms with Gasteiger partial charge in [-0.05, 0) is 70.1 Å². The van der Waals surface area contributed by atoms with E-state index in [1.807, 2.05) is 0 Å². The molecule has 1 aliphatic rings. The predicted octanol–water partition coefficient (Wildman–Crippen LogP) is 11.7. The second-order valence-electron chi connectivity index (χ2n) is 12.6. The van der Waals surface area contributed by atoms with Gasteiger partial charge in [-0.1, -0.05) is 129 Å². The largest absolute Gasteiger partial charge is 0.309 e. The Labute approximate surface area is 263 Å². The Morgan fingerprint density at radius 1 is 0.489 bits per heavy atom. The van der Waals surface area contributed by atoms with Crippen LogP contribution in [0.1, 0.15) is 25.0 Å². The lowest BCUT2D eigenvalue weighted by molar-refractivity contribution is 0.661. The van der Waals surface area contributed by atoms with E-state index in [0.29, 0.717) is 0 Å². The van der Waals surface area contributed by atoms with Gasteiger partial charge in [0.15, 0.2) is 0 Å². The predicted molar refractivity (Wildman–Crippen MR) is 191 cm³/mol. The van der Waals surface area contributed by atoms with E-state index in [-0.39, 0.29) is 5.41 Å². The Bertz CT molecular complexity index is 2360. The van der Waals surface area contributed by atoms with Crippen LogP contribution in [0.5, 0.6) is 0 Å². The highest BCUT2D eigenvalue weighted by atomic mass is 15.2. The molecule has 45 heavy (non-hydrogen) atoms. The van der Waals surface area contributed by atoms with E-state index < -0.39 is 0 Å². The third-order valence-corrected chi connectivity index (χ3v) is 9.72. The van der Waals surface area contributed by atoms with Gasteiger partial charge in [0.25, 0.3) is 0 Å². The summed E-state index contributed by atoms with van der Waals surface area (Å²) < 4.78 is 2.43. The number of anilines is 3. The maximum Gasteiger partial charge on any atom is 0.0561 e. The summed E-state index contributed by atoms with van der Waals surface area (Å²) in [5, 5.41) is 4.96. The number of hydrogen-bond donors (Lipinski definition) is 0. The normalized spacial score (nSPS) is 13.3. The first-order valence-corrected chi connectivity index (χ1v) is 15.7. The van der Waals surface area contributed by atoms with Crippen LogP contribution in [0, 0.1) is 0 Å². The Morgan fingerprint density at radius 3 is 1.84 bits per heavy atom. The van der Waals surface area contributed by atoms with Crippen molar-refractivity contribution in [3.05, 3.63) is 169 Å². The summed E-state index contributed by atoms with van der Waals surface area (Å²) in [6.07, 6.45) is 0. The van der Waals surface area contributed by atoms with E-state index in [9.17, 15) is 0 Å². The molecule has 0 saturated carbocycles. The standard InChI is InChI=1S/C43H32N2/c1-43(2)37-23-11-8-19-33(37)36-22-14-26-40(42(36)43)44(30-16-4-3-5-17-30)41-28-31(27-29-15-6-7-18-32(29)41)45-38-24-12-9-20-34(38)35-21-10-13-25-39(35)45/h3-28H,1-2H3. The SMILES string of the molecule is CC1(C)c2ccccc2-c2cccc(N(c3ccccc3)c3cc(-n4c5ccccc5c5ccccc54)cc4ccccc34)c21. The number of rotatable bonds is 4. The average molecular weight is 577 g/mol. The van der Waals surface area contributed by atoms with E-state index in [0.717, 1.165) is 17.1 Å². The van der Waals surface area contributed by atoms with Crippen LogP contribution >= 0.6 is 0 Å². The number of para-hydroxylation sites is 3. The highest BCUT2D eigenvalue weighted by Gasteiger charge is 2.38. The van der Waals surface area contributed by atoms with E-state index in [4.69, 9.17) is 0 Å². The minimum atomic E-state index is -0.157. The van der Waals surface area contributed by atoms with Gasteiger partial charge in [0.1, 0.15) is 0 Å². The van der Waals surface area contributed by atoms with Gasteiger partial charge in [-0.25, -0.2) is 0 Å². The van der Waals surface area contributed by atoms with Crippen molar-refractivity contribution < 1.29 is 0 Å². The summed E-state index contributed by atoms with van der Waals surface area (Å²) in [7, 11) is 0. The zero-order valence-electron chi connectivity index (χ0n) is 25.4. The van der Waals surface area contributed by atoms with Crippen LogP contribution < -0.4 is 4.90 Å². The molecular weight excluding hydrogens is 544 g/mol. The second kappa shape index (κ2) is 9.70. The molecule has 0 fully saturated rings. The summed E-state index contributed by atoms with van der Waals surface area (Å²) in [6, 6.07) is 57.6. The van der Waals surface area contributed by atoms with Crippen molar-refractivity contribution in [1.29, 1.82) is 0 Å². The molecule has 1 aromatic heterocycles. The molecule has 0 amide bonds. The van der Waals surface area contributed by atoms with E-state index >= 15 is 0 Å². The molecule has 0 N–H and O–H groups in total. The fourth-order valence-electron chi connectivity index (χ4n) is 7.78. The molecule has 0 radical (unpaired) electrons. The summed E-state index contributed by atoms with van der Waals surface area (Å²) >= 11 is 0. The van der Waals surface area contributed by atoms with Gasteiger partial charge in [-0.3, -0.25) is 0 Å². The third-order valence-electron chi connectivity index (χ3n) is 9.72. The molecule has 9 rings (SSSR count). The van der Waals surface area contributed by atoms with Crippen LogP contribution in [0.3, 0.4) is 0 Å². The Balaban J connectivity index is 1.38. The van der Waals surface area contributed by atoms with Crippen LogP contribution in [-0.4, -0.2) is 4.57 Å². The molecule has 2 heteroatoms. The molecule has 7 aromatic carbocycles. The molecular formula is C43H32N2. The van der Waals surface area contributed by atoms with Crippen LogP contribution in [-0.2, 0) is 5.41 Å². The van der Waals surface area contributed by atoms with Crippen LogP contribution in [0.2, 0.25) is 0 Å². The first-order chi connectivity index (χ1) is 22.1. The summed E-state index contributed by atoms with van der Waals surface area (Å²) in [5.74, 6) is 0. The maximum atomic E-state index is 2.49. The summed E-state index contributed by atoms with van der Waals surface area (Å²) in [4.78, 5) is 2.49. The van der Waals surface area contributed by atoms with E-state index in [2.05, 4.69) is 181 Å². The van der Waals surface area contributed by atoms with E-state index in [1.54, 1.807) is 0 Å². The first-order valence-electron chi connectivity index (χ1n) is 15.7. The van der Waals surface area contributed by atoms with Crippen molar-refractivity contribution in [2.24, 2.45) is 0 Å². The second-order valence-corrected chi connectivity index (χ2v) is 12.6. The van der Waals surface area contributed by atoms with Gasteiger partial charge < -0.3 is 9.47 Å². The van der Waals surface area contributed by atoms with Crippen molar-refractivity contribution in [2.75, 3.05) is 4.90 Å². The topological polar surface area (TPSA) is 8.17 Å². The molecule has 0 aliphatic heterocycles. The summed E-state index contributed by atoms with van der Waals surface area (Å²) in [5.41, 5.74) is 12.3. The molecule has 2 nitrogen and oxygen atoms in total. The number of hydrogen-bond acceptors (Lipinski definition) is 1. The van der Waals surface area contributed by atoms with Gasteiger partial charge in [0.05, 0.1) is 22.4 Å².